The summed E-state index contributed by atoms with van der Waals surface area (Å²) in [5.74, 6) is -2.18. The lowest BCUT2D eigenvalue weighted by atomic mass is 9.65. The first kappa shape index (κ1) is 22.5. The first-order valence-corrected chi connectivity index (χ1v) is 11.5. The number of amides is 1. The average molecular weight is 464 g/mol. The summed E-state index contributed by atoms with van der Waals surface area (Å²) in [6, 6.07) is 11.5. The third-order valence-corrected chi connectivity index (χ3v) is 7.72. The summed E-state index contributed by atoms with van der Waals surface area (Å²) >= 11 is 0. The number of fused-ring (bicyclic) bond motifs is 2. The van der Waals surface area contributed by atoms with Gasteiger partial charge in [-0.15, -0.1) is 0 Å². The molecule has 0 radical (unpaired) electrons. The molecule has 1 aromatic heterocycles. The zero-order valence-electron chi connectivity index (χ0n) is 19.0. The van der Waals surface area contributed by atoms with Crippen molar-refractivity contribution in [3.63, 3.8) is 0 Å². The van der Waals surface area contributed by atoms with Crippen molar-refractivity contribution in [1.29, 1.82) is 0 Å². The maximum Gasteiger partial charge on any atom is 0.221 e. The van der Waals surface area contributed by atoms with Crippen LogP contribution in [0.1, 0.15) is 48.6 Å². The van der Waals surface area contributed by atoms with E-state index in [1.165, 1.54) is 6.07 Å². The molecule has 0 bridgehead atoms. The van der Waals surface area contributed by atoms with Gasteiger partial charge in [0, 0.05) is 11.5 Å². The number of primary amides is 1. The van der Waals surface area contributed by atoms with Gasteiger partial charge in [0.2, 0.25) is 5.91 Å². The van der Waals surface area contributed by atoms with E-state index in [-0.39, 0.29) is 12.3 Å². The molecular weight excluding hydrogens is 436 g/mol. The van der Waals surface area contributed by atoms with E-state index in [2.05, 4.69) is 12.0 Å². The molecule has 7 heteroatoms. The monoisotopic (exact) mass is 463 g/mol. The fourth-order valence-corrected chi connectivity index (χ4v) is 5.66. The number of hydrogen-bond donors (Lipinski definition) is 2. The van der Waals surface area contributed by atoms with Crippen LogP contribution in [0.5, 0.6) is 0 Å². The highest BCUT2D eigenvalue weighted by Gasteiger charge is 2.54. The molecule has 3 N–H and O–H groups in total. The van der Waals surface area contributed by atoms with E-state index in [0.29, 0.717) is 31.4 Å². The Morgan fingerprint density at radius 2 is 1.94 bits per heavy atom. The van der Waals surface area contributed by atoms with E-state index < -0.39 is 22.7 Å². The molecule has 0 unspecified atom stereocenters. The highest BCUT2D eigenvalue weighted by molar-refractivity contribution is 5.77. The lowest BCUT2D eigenvalue weighted by Gasteiger charge is -2.42. The Kier molecular flexibility index (Phi) is 5.40. The number of carbonyl (C=O) groups is 1. The number of halogens is 2. The van der Waals surface area contributed by atoms with Crippen LogP contribution in [0.15, 0.2) is 54.2 Å². The van der Waals surface area contributed by atoms with E-state index >= 15 is 0 Å². The van der Waals surface area contributed by atoms with Gasteiger partial charge in [0.05, 0.1) is 29.6 Å². The topological polar surface area (TPSA) is 81.1 Å². The highest BCUT2D eigenvalue weighted by Crippen LogP contribution is 2.56. The Morgan fingerprint density at radius 3 is 2.68 bits per heavy atom. The van der Waals surface area contributed by atoms with Crippen molar-refractivity contribution in [2.45, 2.75) is 51.0 Å². The largest absolute Gasteiger partial charge is 0.389 e. The molecule has 0 saturated heterocycles. The zero-order chi connectivity index (χ0) is 24.1. The van der Waals surface area contributed by atoms with Crippen LogP contribution in [0.3, 0.4) is 0 Å². The number of nitrogens with two attached hydrogens (primary N) is 1. The number of carbonyl (C=O) groups excluding carboxylic acids is 1. The third kappa shape index (κ3) is 3.64. The summed E-state index contributed by atoms with van der Waals surface area (Å²) < 4.78 is 28.8. The molecule has 5 nitrogen and oxygen atoms in total. The summed E-state index contributed by atoms with van der Waals surface area (Å²) in [6.07, 6.45) is 7.17. The quantitative estimate of drug-likeness (QED) is 0.573. The van der Waals surface area contributed by atoms with Crippen molar-refractivity contribution in [1.82, 2.24) is 9.78 Å². The van der Waals surface area contributed by atoms with Crippen LogP contribution in [0, 0.1) is 17.0 Å². The first-order valence-electron chi connectivity index (χ1n) is 11.5. The highest BCUT2D eigenvalue weighted by atomic mass is 19.2. The minimum absolute atomic E-state index is 0.184. The van der Waals surface area contributed by atoms with Gasteiger partial charge in [0.25, 0.3) is 0 Å². The molecule has 5 rings (SSSR count). The fraction of sp³-hybridized carbons (Fsp3) is 0.333. The van der Waals surface area contributed by atoms with E-state index in [1.807, 2.05) is 30.3 Å². The fourth-order valence-electron chi connectivity index (χ4n) is 5.66. The lowest BCUT2D eigenvalue weighted by Crippen LogP contribution is -2.45. The Bertz CT molecular complexity index is 1310. The molecule has 3 aromatic rings. The van der Waals surface area contributed by atoms with Gasteiger partial charge in [-0.2, -0.15) is 5.10 Å². The van der Waals surface area contributed by atoms with Crippen molar-refractivity contribution in [3.05, 3.63) is 88.3 Å². The zero-order valence-corrected chi connectivity index (χ0v) is 19.0. The molecule has 0 spiro atoms. The van der Waals surface area contributed by atoms with Crippen LogP contribution in [-0.4, -0.2) is 26.4 Å². The van der Waals surface area contributed by atoms with E-state index in [1.54, 1.807) is 10.9 Å². The van der Waals surface area contributed by atoms with Gasteiger partial charge in [-0.1, -0.05) is 36.8 Å². The molecule has 176 valence electrons. The number of aromatic nitrogens is 2. The minimum Gasteiger partial charge on any atom is -0.389 e. The van der Waals surface area contributed by atoms with Gasteiger partial charge < -0.3 is 10.8 Å². The number of aryl methyl sites for hydroxylation is 1. The summed E-state index contributed by atoms with van der Waals surface area (Å²) in [5, 5.41) is 16.3. The molecule has 34 heavy (non-hydrogen) atoms. The van der Waals surface area contributed by atoms with Gasteiger partial charge >= 0.3 is 0 Å². The Morgan fingerprint density at radius 1 is 1.18 bits per heavy atom. The molecular formula is C27H27F2N3O2. The van der Waals surface area contributed by atoms with Crippen LogP contribution in [0.25, 0.3) is 11.8 Å². The average Bonchev–Trinajstić information content (AvgIpc) is 3.31. The van der Waals surface area contributed by atoms with Gasteiger partial charge in [-0.05, 0) is 67.0 Å². The first-order chi connectivity index (χ1) is 16.2. The van der Waals surface area contributed by atoms with Crippen LogP contribution in [0.2, 0.25) is 0 Å². The van der Waals surface area contributed by atoms with Crippen molar-refractivity contribution >= 4 is 12.0 Å². The van der Waals surface area contributed by atoms with Gasteiger partial charge in [-0.3, -0.25) is 4.79 Å². The minimum atomic E-state index is -0.916. The second-order valence-corrected chi connectivity index (χ2v) is 9.69. The Balaban J connectivity index is 1.42. The van der Waals surface area contributed by atoms with Crippen molar-refractivity contribution in [2.24, 2.45) is 11.1 Å². The van der Waals surface area contributed by atoms with Crippen LogP contribution < -0.4 is 5.73 Å². The maximum atomic E-state index is 13.8. The molecule has 2 aliphatic rings. The van der Waals surface area contributed by atoms with Crippen LogP contribution >= 0.6 is 0 Å². The molecule has 2 aliphatic carbocycles. The number of rotatable bonds is 6. The van der Waals surface area contributed by atoms with Crippen LogP contribution in [0.4, 0.5) is 8.78 Å². The van der Waals surface area contributed by atoms with Crippen molar-refractivity contribution in [2.75, 3.05) is 0 Å². The van der Waals surface area contributed by atoms with Crippen molar-refractivity contribution < 1.29 is 18.7 Å². The predicted molar refractivity (Wildman–Crippen MR) is 125 cm³/mol. The predicted octanol–water partition coefficient (Wildman–Crippen LogP) is 4.28. The number of hydrogen-bond acceptors (Lipinski definition) is 3. The molecule has 1 fully saturated rings. The summed E-state index contributed by atoms with van der Waals surface area (Å²) in [5.41, 5.74) is 9.36. The smallest absolute Gasteiger partial charge is 0.221 e. The molecule has 0 aliphatic heterocycles. The molecule has 1 saturated carbocycles. The molecule has 2 atom stereocenters. The maximum absolute atomic E-state index is 13.8. The Hall–Kier alpha value is -3.32. The van der Waals surface area contributed by atoms with Crippen molar-refractivity contribution in [3.8, 4) is 5.69 Å². The summed E-state index contributed by atoms with van der Waals surface area (Å²) in [7, 11) is 0. The van der Waals surface area contributed by atoms with Gasteiger partial charge in [0.15, 0.2) is 11.6 Å². The SMILES string of the molecule is C[C@]12Cc3cnn(-c4ccc(F)c(F)c4)c3C=C1CC[C@@]2(O)CCc1ccccc1CC(N)=O. The lowest BCUT2D eigenvalue weighted by molar-refractivity contribution is -0.117. The second kappa shape index (κ2) is 8.17. The van der Waals surface area contributed by atoms with E-state index in [4.69, 9.17) is 5.73 Å². The molecule has 1 amide bonds. The van der Waals surface area contributed by atoms with E-state index in [0.717, 1.165) is 46.5 Å². The molecule has 2 aromatic carbocycles. The van der Waals surface area contributed by atoms with E-state index in [9.17, 15) is 18.7 Å². The standard InChI is InChI=1S/C27H27F2N3O2/c1-26-15-19-16-31-32(21-6-7-22(28)23(29)14-21)24(19)13-20(26)9-11-27(26,34)10-8-17-4-2-3-5-18(17)12-25(30)33/h2-7,13-14,16,34H,8-12,15H2,1H3,(H2,30,33)/t26-,27-/m0/s1. The van der Waals surface area contributed by atoms with Crippen LogP contribution in [-0.2, 0) is 24.1 Å². The summed E-state index contributed by atoms with van der Waals surface area (Å²) in [4.78, 5) is 11.5. The number of nitrogens with zero attached hydrogens (tertiary/aromatic N) is 2. The number of aliphatic hydroxyl groups is 1. The normalized spacial score (nSPS) is 23.4. The molecule has 1 heterocycles. The summed E-state index contributed by atoms with van der Waals surface area (Å²) in [6.45, 7) is 2.10. The van der Waals surface area contributed by atoms with Gasteiger partial charge in [0.1, 0.15) is 0 Å². The number of benzene rings is 2. The Labute approximate surface area is 196 Å². The van der Waals surface area contributed by atoms with Gasteiger partial charge in [-0.25, -0.2) is 13.5 Å². The third-order valence-electron chi connectivity index (χ3n) is 7.72. The second-order valence-electron chi connectivity index (χ2n) is 9.69.